The third kappa shape index (κ3) is 6.13. The third-order valence-electron chi connectivity index (χ3n) is 5.02. The van der Waals surface area contributed by atoms with E-state index in [2.05, 4.69) is 59.0 Å². The van der Waals surface area contributed by atoms with Crippen molar-refractivity contribution < 1.29 is 26.5 Å². The molecule has 0 saturated carbocycles. The Morgan fingerprint density at radius 2 is 1.74 bits per heavy atom. The van der Waals surface area contributed by atoms with Crippen molar-refractivity contribution in [3.63, 3.8) is 0 Å². The second-order valence-electron chi connectivity index (χ2n) is 7.36. The molecule has 2 aromatic carbocycles. The molecule has 0 radical (unpaired) electrons. The zero-order chi connectivity index (χ0) is 23.2. The van der Waals surface area contributed by atoms with E-state index in [1.54, 1.807) is 0 Å². The van der Waals surface area contributed by atoms with E-state index in [-0.39, 0.29) is 5.41 Å². The molecule has 0 atom stereocenters. The smallest absolute Gasteiger partial charge is 0.217 e. The number of hydrogen-bond donors (Lipinski definition) is 0. The molecule has 168 valence electrons. The minimum Gasteiger partial charge on any atom is -0.726 e. The van der Waals surface area contributed by atoms with Crippen LogP contribution in [0.25, 0.3) is 0 Å². The monoisotopic (exact) mass is 447 g/mol. The van der Waals surface area contributed by atoms with Crippen molar-refractivity contribution >= 4 is 33.7 Å². The van der Waals surface area contributed by atoms with Gasteiger partial charge in [-0.3, -0.25) is 9.19 Å². The maximum absolute atomic E-state index is 9.22. The quantitative estimate of drug-likeness (QED) is 0.222. The lowest BCUT2D eigenvalue weighted by atomic mass is 9.82. The van der Waals surface area contributed by atoms with E-state index >= 15 is 0 Å². The Balaban J connectivity index is 0.000000501. The first-order valence-corrected chi connectivity index (χ1v) is 11.1. The highest BCUT2D eigenvalue weighted by molar-refractivity contribution is 7.80. The fourth-order valence-corrected chi connectivity index (χ4v) is 3.36. The molecule has 9 heteroatoms. The molecule has 0 N–H and O–H groups in total. The summed E-state index contributed by atoms with van der Waals surface area (Å²) in [5, 5.41) is 6.55. The summed E-state index contributed by atoms with van der Waals surface area (Å²) in [5.41, 5.74) is 4.73. The van der Waals surface area contributed by atoms with Gasteiger partial charge in [-0.25, -0.2) is 8.42 Å². The number of nitrogens with zero attached hydrogens (tertiary/aromatic N) is 3. The average molecular weight is 448 g/mol. The molecule has 0 unspecified atom stereocenters. The van der Waals surface area contributed by atoms with Crippen molar-refractivity contribution in [2.24, 2.45) is 5.10 Å². The second-order valence-corrected chi connectivity index (χ2v) is 8.51. The largest absolute Gasteiger partial charge is 0.726 e. The van der Waals surface area contributed by atoms with Crippen LogP contribution in [0, 0.1) is 0 Å². The summed E-state index contributed by atoms with van der Waals surface area (Å²) in [6.07, 6.45) is 1.97. The summed E-state index contributed by atoms with van der Waals surface area (Å²) in [6, 6.07) is 16.5. The highest BCUT2D eigenvalue weighted by Gasteiger charge is 2.43. The number of hydrazone groups is 1. The minimum absolute atomic E-state index is 0.0610. The lowest BCUT2D eigenvalue weighted by Gasteiger charge is -2.16. The van der Waals surface area contributed by atoms with Gasteiger partial charge in [-0.1, -0.05) is 18.2 Å². The van der Waals surface area contributed by atoms with Gasteiger partial charge in [0.15, 0.2) is 0 Å². The van der Waals surface area contributed by atoms with Crippen LogP contribution in [0.2, 0.25) is 0 Å². The fraction of sp³-hybridized carbons (Fsp3) is 0.364. The van der Waals surface area contributed by atoms with E-state index in [4.69, 9.17) is 4.74 Å². The van der Waals surface area contributed by atoms with Crippen molar-refractivity contribution in [1.82, 2.24) is 0 Å². The van der Waals surface area contributed by atoms with Gasteiger partial charge in [0.05, 0.1) is 24.8 Å². The number of benzene rings is 2. The zero-order valence-electron chi connectivity index (χ0n) is 18.7. The summed E-state index contributed by atoms with van der Waals surface area (Å²) < 4.78 is 38.7. The molecule has 1 aliphatic rings. The first kappa shape index (κ1) is 24.5. The molecule has 0 aromatic heterocycles. The minimum atomic E-state index is -4.41. The molecular weight excluding hydrogens is 418 g/mol. The van der Waals surface area contributed by atoms with Crippen LogP contribution in [0.5, 0.6) is 5.75 Å². The maximum Gasteiger partial charge on any atom is 0.217 e. The van der Waals surface area contributed by atoms with Crippen LogP contribution < -0.4 is 9.75 Å². The summed E-state index contributed by atoms with van der Waals surface area (Å²) in [6.45, 7) is 7.15. The first-order chi connectivity index (χ1) is 14.5. The van der Waals surface area contributed by atoms with Gasteiger partial charge in [0.1, 0.15) is 19.0 Å². The Morgan fingerprint density at radius 3 is 2.26 bits per heavy atom. The number of hydrogen-bond acceptors (Lipinski definition) is 7. The molecular formula is C22H29N3O5S. The molecule has 0 spiro atoms. The highest BCUT2D eigenvalue weighted by atomic mass is 32.3. The molecule has 2 aromatic rings. The van der Waals surface area contributed by atoms with Crippen LogP contribution >= 0.6 is 0 Å². The molecule has 0 saturated heterocycles. The van der Waals surface area contributed by atoms with Gasteiger partial charge in [0.25, 0.3) is 0 Å². The van der Waals surface area contributed by atoms with Crippen LogP contribution in [-0.4, -0.2) is 57.3 Å². The highest BCUT2D eigenvalue weighted by Crippen LogP contribution is 2.38. The topological polar surface area (TPSA) is 94.3 Å². The molecule has 31 heavy (non-hydrogen) atoms. The first-order valence-electron chi connectivity index (χ1n) is 9.74. The third-order valence-corrected chi connectivity index (χ3v) is 5.43. The van der Waals surface area contributed by atoms with Gasteiger partial charge in [0, 0.05) is 18.7 Å². The molecule has 8 nitrogen and oxygen atoms in total. The number of anilines is 1. The second kappa shape index (κ2) is 10.0. The zero-order valence-corrected chi connectivity index (χ0v) is 19.5. The van der Waals surface area contributed by atoms with Gasteiger partial charge >= 0.3 is 0 Å². The van der Waals surface area contributed by atoms with Crippen molar-refractivity contribution in [2.45, 2.75) is 26.2 Å². The molecule has 1 heterocycles. The number of ether oxygens (including phenoxy) is 1. The Hall–Kier alpha value is -2.75. The Labute approximate surface area is 184 Å². The molecule has 3 rings (SSSR count). The molecule has 0 fully saturated rings. The van der Waals surface area contributed by atoms with Crippen molar-refractivity contribution in [1.29, 1.82) is 0 Å². The van der Waals surface area contributed by atoms with Crippen LogP contribution in [0.1, 0.15) is 26.3 Å². The van der Waals surface area contributed by atoms with E-state index in [1.807, 2.05) is 49.5 Å². The predicted molar refractivity (Wildman–Crippen MR) is 122 cm³/mol. The van der Waals surface area contributed by atoms with Gasteiger partial charge < -0.3 is 9.29 Å². The molecule has 0 aliphatic carbocycles. The SMILES string of the molecule is CCOc1ccc(N(C)/N=C/C2=[N+](C)c3ccccc3C2(C)C)cc1.COS(=O)(=O)[O-]. The number of rotatable bonds is 6. The lowest BCUT2D eigenvalue weighted by molar-refractivity contribution is -0.400. The number of para-hydroxylation sites is 1. The van der Waals surface area contributed by atoms with Crippen molar-refractivity contribution in [3.8, 4) is 5.75 Å². The molecule has 0 bridgehead atoms. The van der Waals surface area contributed by atoms with E-state index in [0.717, 1.165) is 18.5 Å². The number of fused-ring (bicyclic) bond motifs is 1. The lowest BCUT2D eigenvalue weighted by Crippen LogP contribution is -2.30. The van der Waals surface area contributed by atoms with Crippen LogP contribution in [0.3, 0.4) is 0 Å². The Kier molecular flexibility index (Phi) is 7.94. The Bertz CT molecular complexity index is 1060. The summed E-state index contributed by atoms with van der Waals surface area (Å²) in [4.78, 5) is 0. The van der Waals surface area contributed by atoms with E-state index in [0.29, 0.717) is 6.61 Å². The van der Waals surface area contributed by atoms with Gasteiger partial charge in [-0.2, -0.15) is 9.68 Å². The van der Waals surface area contributed by atoms with Crippen LogP contribution in [-0.2, 0) is 20.0 Å². The van der Waals surface area contributed by atoms with Crippen molar-refractivity contribution in [2.75, 3.05) is 32.8 Å². The maximum atomic E-state index is 9.22. The summed E-state index contributed by atoms with van der Waals surface area (Å²) >= 11 is 0. The average Bonchev–Trinajstić information content (AvgIpc) is 2.93. The van der Waals surface area contributed by atoms with Gasteiger partial charge in [-0.15, -0.1) is 0 Å². The normalized spacial score (nSPS) is 14.8. The fourth-order valence-electron chi connectivity index (χ4n) is 3.36. The molecule has 0 amide bonds. The van der Waals surface area contributed by atoms with E-state index in [9.17, 15) is 13.0 Å². The van der Waals surface area contributed by atoms with Crippen LogP contribution in [0.15, 0.2) is 53.6 Å². The summed E-state index contributed by atoms with van der Waals surface area (Å²) in [7, 11) is 0.459. The van der Waals surface area contributed by atoms with Gasteiger partial charge in [-0.05, 0) is 45.0 Å². The van der Waals surface area contributed by atoms with Crippen LogP contribution in [0.4, 0.5) is 11.4 Å². The standard InChI is InChI=1S/C21H26N3O.CH4O4S/c1-6-25-17-13-11-16(12-14-17)24(5)22-15-20-21(2,3)18-9-7-8-10-19(18)23(20)4;1-5-6(2,3)4/h7-15H,6H2,1-5H3;1H3,(H,2,3,4)/q+1;/p-1. The van der Waals surface area contributed by atoms with E-state index < -0.39 is 10.4 Å². The molecule has 1 aliphatic heterocycles. The van der Waals surface area contributed by atoms with Crippen molar-refractivity contribution in [3.05, 3.63) is 54.1 Å². The van der Waals surface area contributed by atoms with Gasteiger partial charge in [0.2, 0.25) is 21.8 Å². The predicted octanol–water partition coefficient (Wildman–Crippen LogP) is 3.31. The Morgan fingerprint density at radius 1 is 1.16 bits per heavy atom. The van der Waals surface area contributed by atoms with E-state index in [1.165, 1.54) is 17.0 Å². The summed E-state index contributed by atoms with van der Waals surface area (Å²) in [5.74, 6) is 0.880.